The lowest BCUT2D eigenvalue weighted by Gasteiger charge is -2.20. The first-order valence-corrected chi connectivity index (χ1v) is 7.37. The first-order chi connectivity index (χ1) is 10.2. The fraction of sp³-hybridized carbons (Fsp3) is 0.267. The van der Waals surface area contributed by atoms with E-state index in [9.17, 15) is 4.79 Å². The second-order valence-corrected chi connectivity index (χ2v) is 6.57. The summed E-state index contributed by atoms with van der Waals surface area (Å²) in [5.41, 5.74) is 0.796. The highest BCUT2D eigenvalue weighted by Gasteiger charge is 2.15. The summed E-state index contributed by atoms with van der Waals surface area (Å²) in [5, 5.41) is 6.75. The van der Waals surface area contributed by atoms with Crippen molar-refractivity contribution in [2.75, 3.05) is 5.32 Å². The topological polar surface area (TPSA) is 66.9 Å². The first kappa shape index (κ1) is 16.5. The highest BCUT2D eigenvalue weighted by molar-refractivity contribution is 6.42. The lowest BCUT2D eigenvalue weighted by Crippen LogP contribution is -2.40. The van der Waals surface area contributed by atoms with Crippen molar-refractivity contribution in [1.29, 1.82) is 0 Å². The minimum atomic E-state index is -0.311. The van der Waals surface area contributed by atoms with Crippen molar-refractivity contribution in [3.05, 3.63) is 46.2 Å². The van der Waals surface area contributed by atoms with Crippen molar-refractivity contribution in [3.63, 3.8) is 0 Å². The first-order valence-electron chi connectivity index (χ1n) is 6.61. The number of rotatable bonds is 3. The van der Waals surface area contributed by atoms with Crippen LogP contribution in [0, 0.1) is 0 Å². The second kappa shape index (κ2) is 6.50. The van der Waals surface area contributed by atoms with Crippen molar-refractivity contribution in [3.8, 4) is 0 Å². The monoisotopic (exact) mass is 338 g/mol. The number of nitrogens with zero attached hydrogens (tertiary/aromatic N) is 2. The molecule has 22 heavy (non-hydrogen) atoms. The van der Waals surface area contributed by atoms with Gasteiger partial charge in [0.2, 0.25) is 5.95 Å². The Balaban J connectivity index is 2.08. The Bertz CT molecular complexity index is 681. The van der Waals surface area contributed by atoms with E-state index in [2.05, 4.69) is 20.6 Å². The Kier molecular flexibility index (Phi) is 4.88. The van der Waals surface area contributed by atoms with E-state index < -0.39 is 0 Å². The van der Waals surface area contributed by atoms with Crippen LogP contribution in [-0.4, -0.2) is 21.4 Å². The van der Waals surface area contributed by atoms with E-state index >= 15 is 0 Å². The van der Waals surface area contributed by atoms with Crippen LogP contribution in [-0.2, 0) is 0 Å². The van der Waals surface area contributed by atoms with Gasteiger partial charge in [-0.1, -0.05) is 23.2 Å². The Morgan fingerprint density at radius 2 is 1.73 bits per heavy atom. The molecule has 1 amide bonds. The van der Waals surface area contributed by atoms with Gasteiger partial charge in [0.1, 0.15) is 0 Å². The minimum Gasteiger partial charge on any atom is -0.347 e. The predicted octanol–water partition coefficient (Wildman–Crippen LogP) is 4.06. The van der Waals surface area contributed by atoms with Gasteiger partial charge < -0.3 is 10.6 Å². The molecule has 0 aliphatic heterocycles. The largest absolute Gasteiger partial charge is 0.347 e. The highest BCUT2D eigenvalue weighted by Crippen LogP contribution is 2.26. The number of nitrogens with one attached hydrogen (secondary N) is 2. The fourth-order valence-electron chi connectivity index (χ4n) is 1.63. The maximum absolute atomic E-state index is 12.0. The molecule has 7 heteroatoms. The molecule has 1 heterocycles. The average Bonchev–Trinajstić information content (AvgIpc) is 2.42. The van der Waals surface area contributed by atoms with Crippen LogP contribution < -0.4 is 10.6 Å². The van der Waals surface area contributed by atoms with Gasteiger partial charge in [-0.3, -0.25) is 4.79 Å². The third kappa shape index (κ3) is 4.58. The Labute approximate surface area is 139 Å². The number of hydrogen-bond acceptors (Lipinski definition) is 4. The van der Waals surface area contributed by atoms with Crippen molar-refractivity contribution in [2.24, 2.45) is 0 Å². The highest BCUT2D eigenvalue weighted by atomic mass is 35.5. The number of amides is 1. The Morgan fingerprint density at radius 3 is 2.27 bits per heavy atom. The maximum Gasteiger partial charge on any atom is 0.254 e. The number of hydrogen-bond donors (Lipinski definition) is 2. The molecule has 116 valence electrons. The molecule has 0 spiro atoms. The van der Waals surface area contributed by atoms with E-state index in [0.29, 0.717) is 27.2 Å². The van der Waals surface area contributed by atoms with E-state index in [1.54, 1.807) is 18.2 Å². The smallest absolute Gasteiger partial charge is 0.254 e. The van der Waals surface area contributed by atoms with Gasteiger partial charge in [-0.05, 0) is 39.0 Å². The van der Waals surface area contributed by atoms with Crippen LogP contribution >= 0.6 is 23.2 Å². The zero-order valence-electron chi connectivity index (χ0n) is 12.4. The predicted molar refractivity (Wildman–Crippen MR) is 89.0 cm³/mol. The van der Waals surface area contributed by atoms with Gasteiger partial charge in [-0.25, -0.2) is 9.97 Å². The van der Waals surface area contributed by atoms with Crippen molar-refractivity contribution in [1.82, 2.24) is 15.3 Å². The molecule has 0 bridgehead atoms. The van der Waals surface area contributed by atoms with Crippen LogP contribution in [0.4, 0.5) is 11.6 Å². The van der Waals surface area contributed by atoms with Gasteiger partial charge in [0.05, 0.1) is 15.6 Å². The molecule has 5 nitrogen and oxygen atoms in total. The number of benzene rings is 1. The summed E-state index contributed by atoms with van der Waals surface area (Å²) in [4.78, 5) is 20.2. The van der Waals surface area contributed by atoms with E-state index in [1.165, 1.54) is 12.4 Å². The lowest BCUT2D eigenvalue weighted by atomic mass is 10.1. The summed E-state index contributed by atoms with van der Waals surface area (Å²) >= 11 is 11.8. The number of aromatic nitrogens is 2. The maximum atomic E-state index is 12.0. The van der Waals surface area contributed by atoms with Gasteiger partial charge in [0.25, 0.3) is 5.91 Å². The Hall–Kier alpha value is -1.85. The Morgan fingerprint density at radius 1 is 1.09 bits per heavy atom. The van der Waals surface area contributed by atoms with Crippen LogP contribution in [0.25, 0.3) is 0 Å². The van der Waals surface area contributed by atoms with Crippen molar-refractivity contribution < 1.29 is 4.79 Å². The minimum absolute atomic E-state index is 0.214. The molecular formula is C15H16Cl2N4O. The van der Waals surface area contributed by atoms with Gasteiger partial charge in [-0.2, -0.15) is 0 Å². The van der Waals surface area contributed by atoms with E-state index in [0.717, 1.165) is 0 Å². The van der Waals surface area contributed by atoms with E-state index in [-0.39, 0.29) is 11.4 Å². The quantitative estimate of drug-likeness (QED) is 0.885. The van der Waals surface area contributed by atoms with E-state index in [1.807, 2.05) is 20.8 Å². The van der Waals surface area contributed by atoms with Crippen molar-refractivity contribution in [2.45, 2.75) is 26.3 Å². The van der Waals surface area contributed by atoms with Crippen molar-refractivity contribution >= 4 is 40.7 Å². The molecule has 1 aromatic heterocycles. The van der Waals surface area contributed by atoms with Crippen LogP contribution in [0.3, 0.4) is 0 Å². The summed E-state index contributed by atoms with van der Waals surface area (Å²) in [7, 11) is 0. The summed E-state index contributed by atoms with van der Waals surface area (Å²) < 4.78 is 0. The third-order valence-corrected chi connectivity index (χ3v) is 3.32. The number of halogens is 2. The standard InChI is InChI=1S/C15H16Cl2N4O/c1-15(2,3)21-13(22)9-7-18-14(19-8-9)20-10-4-5-11(16)12(17)6-10/h4-8H,1-3H3,(H,21,22)(H,18,19,20). The van der Waals surface area contributed by atoms with Crippen LogP contribution in [0.15, 0.2) is 30.6 Å². The van der Waals surface area contributed by atoms with Gasteiger partial charge >= 0.3 is 0 Å². The van der Waals surface area contributed by atoms with Gasteiger partial charge in [0, 0.05) is 23.6 Å². The molecule has 0 aliphatic rings. The molecule has 2 aromatic rings. The SMILES string of the molecule is CC(C)(C)NC(=O)c1cnc(Nc2ccc(Cl)c(Cl)c2)nc1. The average molecular weight is 339 g/mol. The molecule has 1 aromatic carbocycles. The third-order valence-electron chi connectivity index (χ3n) is 2.58. The van der Waals surface area contributed by atoms with Gasteiger partial charge in [0.15, 0.2) is 0 Å². The number of carbonyl (C=O) groups is 1. The van der Waals surface area contributed by atoms with Crippen LogP contribution in [0.1, 0.15) is 31.1 Å². The van der Waals surface area contributed by atoms with Gasteiger partial charge in [-0.15, -0.1) is 0 Å². The summed E-state index contributed by atoms with van der Waals surface area (Å²) in [6, 6.07) is 5.11. The lowest BCUT2D eigenvalue weighted by molar-refractivity contribution is 0.0919. The molecule has 0 fully saturated rings. The molecule has 0 radical (unpaired) electrons. The molecule has 0 unspecified atom stereocenters. The van der Waals surface area contributed by atoms with Crippen LogP contribution in [0.2, 0.25) is 10.0 Å². The number of anilines is 2. The second-order valence-electron chi connectivity index (χ2n) is 5.75. The molecule has 2 rings (SSSR count). The normalized spacial score (nSPS) is 11.1. The molecule has 0 saturated heterocycles. The zero-order chi connectivity index (χ0) is 16.3. The van der Waals surface area contributed by atoms with Crippen LogP contribution in [0.5, 0.6) is 0 Å². The molecule has 0 aliphatic carbocycles. The zero-order valence-corrected chi connectivity index (χ0v) is 14.0. The molecule has 0 saturated carbocycles. The van der Waals surface area contributed by atoms with E-state index in [4.69, 9.17) is 23.2 Å². The summed E-state index contributed by atoms with van der Waals surface area (Å²) in [5.74, 6) is 0.152. The molecule has 2 N–H and O–H groups in total. The molecular weight excluding hydrogens is 323 g/mol. The number of carbonyl (C=O) groups excluding carboxylic acids is 1. The summed E-state index contributed by atoms with van der Waals surface area (Å²) in [6.45, 7) is 5.73. The summed E-state index contributed by atoms with van der Waals surface area (Å²) in [6.07, 6.45) is 2.93. The molecule has 0 atom stereocenters. The fourth-order valence-corrected chi connectivity index (χ4v) is 1.92.